The molecule has 0 bridgehead atoms. The molecular formula is C38H37N3O4S2. The molecule has 1 amide bonds. The Kier molecular flexibility index (Phi) is 10.6. The first-order valence-corrected chi connectivity index (χ1v) is 17.1. The fourth-order valence-corrected chi connectivity index (χ4v) is 6.82. The first kappa shape index (κ1) is 33.6. The largest absolute Gasteiger partial charge is 0.506 e. The van der Waals surface area contributed by atoms with Crippen molar-refractivity contribution in [2.45, 2.75) is 52.5 Å². The number of rotatable bonds is 12. The zero-order valence-electron chi connectivity index (χ0n) is 26.9. The number of thiophene rings is 2. The fourth-order valence-electron chi connectivity index (χ4n) is 4.91. The topological polar surface area (TPSA) is 109 Å². The van der Waals surface area contributed by atoms with Gasteiger partial charge in [0.2, 0.25) is 0 Å². The number of hydrogen-bond donors (Lipinski definition) is 2. The van der Waals surface area contributed by atoms with Gasteiger partial charge in [-0.1, -0.05) is 63.2 Å². The molecule has 0 saturated heterocycles. The van der Waals surface area contributed by atoms with E-state index in [1.807, 2.05) is 47.8 Å². The van der Waals surface area contributed by atoms with Gasteiger partial charge in [0.25, 0.3) is 5.91 Å². The molecule has 47 heavy (non-hydrogen) atoms. The van der Waals surface area contributed by atoms with E-state index in [1.165, 1.54) is 28.2 Å². The van der Waals surface area contributed by atoms with E-state index >= 15 is 0 Å². The maximum Gasteiger partial charge on any atom is 0.251 e. The highest BCUT2D eigenvalue weighted by molar-refractivity contribution is 7.16. The first-order valence-electron chi connectivity index (χ1n) is 15.4. The molecule has 2 aromatic carbocycles. The first-order chi connectivity index (χ1) is 22.5. The summed E-state index contributed by atoms with van der Waals surface area (Å²) in [6.45, 7) is 8.55. The summed E-state index contributed by atoms with van der Waals surface area (Å²) in [5.74, 6) is -0.253. The van der Waals surface area contributed by atoms with E-state index in [9.17, 15) is 19.5 Å². The number of aliphatic imine (C=N–C) groups is 1. The van der Waals surface area contributed by atoms with Crippen molar-refractivity contribution in [1.29, 1.82) is 0 Å². The number of benzene rings is 2. The van der Waals surface area contributed by atoms with Crippen LogP contribution in [0, 0.1) is 0 Å². The van der Waals surface area contributed by atoms with Crippen LogP contribution in [0.2, 0.25) is 0 Å². The van der Waals surface area contributed by atoms with Crippen LogP contribution in [-0.2, 0) is 18.4 Å². The number of nitrogens with zero attached hydrogens (tertiary/aromatic N) is 2. The summed E-state index contributed by atoms with van der Waals surface area (Å²) in [6.07, 6.45) is 2.49. The Morgan fingerprint density at radius 2 is 1.60 bits per heavy atom. The van der Waals surface area contributed by atoms with E-state index in [4.69, 9.17) is 0 Å². The monoisotopic (exact) mass is 663 g/mol. The second-order valence-corrected chi connectivity index (χ2v) is 14.2. The zero-order valence-corrected chi connectivity index (χ0v) is 28.5. The molecule has 0 saturated carbocycles. The van der Waals surface area contributed by atoms with Crippen molar-refractivity contribution in [2.75, 3.05) is 6.54 Å². The number of nitrogens with one attached hydrogen (secondary N) is 1. The average molecular weight is 664 g/mol. The molecule has 0 spiro atoms. The van der Waals surface area contributed by atoms with Gasteiger partial charge in [-0.15, -0.1) is 22.7 Å². The van der Waals surface area contributed by atoms with Crippen molar-refractivity contribution in [3.8, 4) is 16.2 Å². The molecule has 0 fully saturated rings. The summed E-state index contributed by atoms with van der Waals surface area (Å²) >= 11 is 2.62. The van der Waals surface area contributed by atoms with E-state index in [-0.39, 0.29) is 41.6 Å². The summed E-state index contributed by atoms with van der Waals surface area (Å²) in [5, 5.41) is 15.7. The van der Waals surface area contributed by atoms with Gasteiger partial charge >= 0.3 is 0 Å². The maximum absolute atomic E-state index is 12.9. The third kappa shape index (κ3) is 8.55. The zero-order chi connectivity index (χ0) is 33.6. The maximum atomic E-state index is 12.9. The number of carbonyl (C=O) groups is 3. The predicted molar refractivity (Wildman–Crippen MR) is 190 cm³/mol. The van der Waals surface area contributed by atoms with Gasteiger partial charge in [0.05, 0.1) is 26.9 Å². The highest BCUT2D eigenvalue weighted by atomic mass is 32.1. The van der Waals surface area contributed by atoms with Crippen LogP contribution in [0.15, 0.2) is 95.4 Å². The quantitative estimate of drug-likeness (QED) is 0.103. The molecule has 3 heterocycles. The molecule has 0 atom stereocenters. The van der Waals surface area contributed by atoms with E-state index in [0.717, 1.165) is 21.7 Å². The molecule has 0 aliphatic rings. The summed E-state index contributed by atoms with van der Waals surface area (Å²) < 4.78 is 0. The van der Waals surface area contributed by atoms with Gasteiger partial charge < -0.3 is 10.4 Å². The number of carbonyl (C=O) groups excluding carboxylic acids is 3. The summed E-state index contributed by atoms with van der Waals surface area (Å²) in [7, 11) is 0. The highest BCUT2D eigenvalue weighted by Crippen LogP contribution is 2.39. The van der Waals surface area contributed by atoms with Crippen LogP contribution in [0.5, 0.6) is 5.75 Å². The molecule has 7 nitrogen and oxygen atoms in total. The third-order valence-corrected chi connectivity index (χ3v) is 9.98. The number of aromatic nitrogens is 1. The Morgan fingerprint density at radius 1 is 0.894 bits per heavy atom. The van der Waals surface area contributed by atoms with Crippen LogP contribution in [0.4, 0.5) is 0 Å². The van der Waals surface area contributed by atoms with Gasteiger partial charge in [-0.05, 0) is 71.8 Å². The molecular weight excluding hydrogens is 627 g/mol. The highest BCUT2D eigenvalue weighted by Gasteiger charge is 2.18. The van der Waals surface area contributed by atoms with Gasteiger partial charge in [0.15, 0.2) is 11.6 Å². The van der Waals surface area contributed by atoms with Gasteiger partial charge in [0.1, 0.15) is 12.3 Å². The van der Waals surface area contributed by atoms with Crippen LogP contribution in [0.1, 0.15) is 86.2 Å². The van der Waals surface area contributed by atoms with Gasteiger partial charge in [0, 0.05) is 34.8 Å². The molecule has 5 aromatic rings. The minimum atomic E-state index is -0.188. The number of pyridine rings is 1. The standard InChI is InChI=1S/C38H37N3O4S2/c1-24(30-23-46-36(35(30)44)26-13-15-28(16-14-26)38(2,3)4)40-22-32(43)34-19-18-33(47-34)31(42)17-10-25-8-11-27(12-9-25)37(45)41-21-29-7-5-6-20-39-29/h5-9,11-16,18-20,23,44H,10,17,21-22H2,1-4H3,(H,41,45). The fraction of sp³-hybridized carbons (Fsp3) is 0.237. The lowest BCUT2D eigenvalue weighted by Crippen LogP contribution is -2.23. The minimum absolute atomic E-state index is 0.0443. The molecule has 0 aliphatic carbocycles. The lowest BCUT2D eigenvalue weighted by molar-refractivity contribution is 0.0947. The minimum Gasteiger partial charge on any atom is -0.506 e. The van der Waals surface area contributed by atoms with Gasteiger partial charge in [-0.3, -0.25) is 24.4 Å². The number of ketones is 2. The third-order valence-electron chi connectivity index (χ3n) is 7.80. The number of aryl methyl sites for hydroxylation is 1. The summed E-state index contributed by atoms with van der Waals surface area (Å²) in [4.78, 5) is 48.7. The molecule has 0 aliphatic heterocycles. The van der Waals surface area contributed by atoms with Gasteiger partial charge in [-0.2, -0.15) is 0 Å². The molecule has 2 N–H and O–H groups in total. The van der Waals surface area contributed by atoms with Crippen molar-refractivity contribution >= 4 is 45.9 Å². The van der Waals surface area contributed by atoms with Crippen LogP contribution < -0.4 is 5.32 Å². The number of Topliss-reactive ketones (excluding diaryl/α,β-unsaturated/α-hetero) is 2. The van der Waals surface area contributed by atoms with Crippen molar-refractivity contribution in [3.63, 3.8) is 0 Å². The Hall–Kier alpha value is -4.73. The Labute approximate surface area is 283 Å². The smallest absolute Gasteiger partial charge is 0.251 e. The Morgan fingerprint density at radius 3 is 2.26 bits per heavy atom. The molecule has 9 heteroatoms. The van der Waals surface area contributed by atoms with E-state index in [2.05, 4.69) is 48.2 Å². The van der Waals surface area contributed by atoms with Crippen molar-refractivity contribution in [2.24, 2.45) is 4.99 Å². The number of aromatic hydroxyl groups is 1. The summed E-state index contributed by atoms with van der Waals surface area (Å²) in [5.41, 5.74) is 5.65. The summed E-state index contributed by atoms with van der Waals surface area (Å²) in [6, 6.07) is 24.3. The van der Waals surface area contributed by atoms with E-state index < -0.39 is 0 Å². The van der Waals surface area contributed by atoms with Crippen LogP contribution in [0.3, 0.4) is 0 Å². The average Bonchev–Trinajstić information content (AvgIpc) is 3.73. The second kappa shape index (κ2) is 14.8. The van der Waals surface area contributed by atoms with E-state index in [0.29, 0.717) is 39.6 Å². The number of hydrogen-bond acceptors (Lipinski definition) is 8. The van der Waals surface area contributed by atoms with Crippen molar-refractivity contribution in [1.82, 2.24) is 10.3 Å². The Bertz CT molecular complexity index is 1900. The van der Waals surface area contributed by atoms with E-state index in [1.54, 1.807) is 37.4 Å². The molecule has 0 radical (unpaired) electrons. The SMILES string of the molecule is CC(=NCC(=O)c1ccc(C(=O)CCc2ccc(C(=O)NCc3ccccn3)cc2)s1)c1csc(-c2ccc(C(C)(C)C)cc2)c1O. The van der Waals surface area contributed by atoms with Gasteiger partial charge in [-0.25, -0.2) is 0 Å². The lowest BCUT2D eigenvalue weighted by Gasteiger charge is -2.19. The second-order valence-electron chi connectivity index (χ2n) is 12.3. The molecule has 240 valence electrons. The van der Waals surface area contributed by atoms with Crippen molar-refractivity contribution < 1.29 is 19.5 Å². The molecule has 0 unspecified atom stereocenters. The predicted octanol–water partition coefficient (Wildman–Crippen LogP) is 8.31. The molecule has 3 aromatic heterocycles. The van der Waals surface area contributed by atoms with Crippen LogP contribution >= 0.6 is 22.7 Å². The molecule has 5 rings (SSSR count). The Balaban J connectivity index is 1.12. The van der Waals surface area contributed by atoms with Crippen LogP contribution in [-0.4, -0.2) is 39.8 Å². The van der Waals surface area contributed by atoms with Crippen LogP contribution in [0.25, 0.3) is 10.4 Å². The normalized spacial score (nSPS) is 11.8. The van der Waals surface area contributed by atoms with Crippen molar-refractivity contribution in [3.05, 3.63) is 128 Å². The lowest BCUT2D eigenvalue weighted by atomic mass is 9.86. The number of amides is 1.